The van der Waals surface area contributed by atoms with Gasteiger partial charge < -0.3 is 4.42 Å². The Labute approximate surface area is 87.0 Å². The van der Waals surface area contributed by atoms with Crippen LogP contribution in [0.1, 0.15) is 5.76 Å². The van der Waals surface area contributed by atoms with Crippen LogP contribution in [0, 0.1) is 5.82 Å². The van der Waals surface area contributed by atoms with Crippen molar-refractivity contribution in [3.63, 3.8) is 0 Å². The normalized spacial score (nSPS) is 10.4. The minimum absolute atomic E-state index is 0.241. The second-order valence-electron chi connectivity index (χ2n) is 2.93. The number of thiol groups is 1. The van der Waals surface area contributed by atoms with E-state index in [1.807, 2.05) is 12.1 Å². The maximum absolute atomic E-state index is 12.6. The van der Waals surface area contributed by atoms with Gasteiger partial charge in [-0.1, -0.05) is 0 Å². The van der Waals surface area contributed by atoms with Crippen molar-refractivity contribution in [2.24, 2.45) is 0 Å². The Hall–Kier alpha value is -1.22. The Bertz CT molecular complexity index is 419. The quantitative estimate of drug-likeness (QED) is 0.745. The molecule has 72 valence electrons. The second-order valence-corrected chi connectivity index (χ2v) is 3.25. The molecule has 0 aliphatic heterocycles. The molecule has 0 radical (unpaired) electrons. The summed E-state index contributed by atoms with van der Waals surface area (Å²) < 4.78 is 18.1. The molecule has 0 bridgehead atoms. The maximum atomic E-state index is 12.6. The molecule has 0 unspecified atom stereocenters. The van der Waals surface area contributed by atoms with Crippen LogP contribution < -0.4 is 0 Å². The summed E-state index contributed by atoms with van der Waals surface area (Å²) in [6.07, 6.45) is 0. The smallest absolute Gasteiger partial charge is 0.134 e. The first-order chi connectivity index (χ1) is 6.79. The lowest BCUT2D eigenvalue weighted by atomic mass is 10.2. The molecule has 2 aromatic rings. The Morgan fingerprint density at radius 1 is 1.07 bits per heavy atom. The zero-order valence-corrected chi connectivity index (χ0v) is 8.30. The number of hydrogen-bond donors (Lipinski definition) is 1. The molecule has 0 spiro atoms. The van der Waals surface area contributed by atoms with Crippen molar-refractivity contribution in [2.75, 3.05) is 0 Å². The molecule has 0 saturated carbocycles. The minimum Gasteiger partial charge on any atom is -0.460 e. The van der Waals surface area contributed by atoms with E-state index in [9.17, 15) is 4.39 Å². The average Bonchev–Trinajstić information content (AvgIpc) is 2.67. The molecule has 0 aliphatic carbocycles. The Kier molecular flexibility index (Phi) is 2.59. The Balaban J connectivity index is 2.34. The third-order valence-electron chi connectivity index (χ3n) is 1.95. The lowest BCUT2D eigenvalue weighted by Crippen LogP contribution is -1.75. The van der Waals surface area contributed by atoms with E-state index >= 15 is 0 Å². The summed E-state index contributed by atoms with van der Waals surface area (Å²) in [6, 6.07) is 9.94. The molecule has 0 aliphatic rings. The van der Waals surface area contributed by atoms with Crippen molar-refractivity contribution >= 4 is 12.6 Å². The van der Waals surface area contributed by atoms with Gasteiger partial charge in [-0.3, -0.25) is 0 Å². The van der Waals surface area contributed by atoms with Crippen molar-refractivity contribution < 1.29 is 8.81 Å². The van der Waals surface area contributed by atoms with Crippen LogP contribution in [-0.4, -0.2) is 0 Å². The number of hydrogen-bond acceptors (Lipinski definition) is 2. The highest BCUT2D eigenvalue weighted by molar-refractivity contribution is 7.79. The van der Waals surface area contributed by atoms with E-state index in [1.165, 1.54) is 12.1 Å². The van der Waals surface area contributed by atoms with Gasteiger partial charge in [0.1, 0.15) is 17.3 Å². The largest absolute Gasteiger partial charge is 0.460 e. The standard InChI is InChI=1S/C11H9FOS/c12-9-3-1-8(2-4-9)11-6-5-10(7-14)13-11/h1-6,14H,7H2. The average molecular weight is 208 g/mol. The molecule has 2 rings (SSSR count). The second kappa shape index (κ2) is 3.88. The van der Waals surface area contributed by atoms with Gasteiger partial charge in [0.15, 0.2) is 0 Å². The molecular formula is C11H9FOS. The summed E-state index contributed by atoms with van der Waals surface area (Å²) in [6.45, 7) is 0. The summed E-state index contributed by atoms with van der Waals surface area (Å²) in [4.78, 5) is 0. The van der Waals surface area contributed by atoms with Gasteiger partial charge >= 0.3 is 0 Å². The first-order valence-electron chi connectivity index (χ1n) is 4.25. The third kappa shape index (κ3) is 1.82. The number of benzene rings is 1. The zero-order valence-electron chi connectivity index (χ0n) is 7.40. The number of rotatable bonds is 2. The van der Waals surface area contributed by atoms with Crippen LogP contribution in [0.15, 0.2) is 40.8 Å². The third-order valence-corrected chi connectivity index (χ3v) is 2.26. The van der Waals surface area contributed by atoms with Gasteiger partial charge in [0.2, 0.25) is 0 Å². The van der Waals surface area contributed by atoms with E-state index < -0.39 is 0 Å². The summed E-state index contributed by atoms with van der Waals surface area (Å²) in [5.74, 6) is 1.89. The van der Waals surface area contributed by atoms with Gasteiger partial charge in [0.05, 0.1) is 0 Å². The van der Waals surface area contributed by atoms with Crippen LogP contribution in [0.5, 0.6) is 0 Å². The van der Waals surface area contributed by atoms with Gasteiger partial charge in [-0.05, 0) is 36.4 Å². The highest BCUT2D eigenvalue weighted by Crippen LogP contribution is 2.22. The molecule has 1 heterocycles. The van der Waals surface area contributed by atoms with Crippen LogP contribution in [-0.2, 0) is 5.75 Å². The zero-order chi connectivity index (χ0) is 9.97. The van der Waals surface area contributed by atoms with E-state index in [1.54, 1.807) is 12.1 Å². The van der Waals surface area contributed by atoms with Crippen molar-refractivity contribution in [1.29, 1.82) is 0 Å². The molecule has 1 aromatic heterocycles. The van der Waals surface area contributed by atoms with Crippen molar-refractivity contribution in [2.45, 2.75) is 5.75 Å². The van der Waals surface area contributed by atoms with E-state index in [2.05, 4.69) is 12.6 Å². The topological polar surface area (TPSA) is 13.1 Å². The van der Waals surface area contributed by atoms with Crippen LogP contribution in [0.2, 0.25) is 0 Å². The summed E-state index contributed by atoms with van der Waals surface area (Å²) >= 11 is 4.10. The molecule has 0 atom stereocenters. The fourth-order valence-electron chi connectivity index (χ4n) is 1.23. The Morgan fingerprint density at radius 2 is 1.79 bits per heavy atom. The maximum Gasteiger partial charge on any atom is 0.134 e. The molecule has 1 nitrogen and oxygen atoms in total. The van der Waals surface area contributed by atoms with E-state index in [4.69, 9.17) is 4.42 Å². The molecule has 14 heavy (non-hydrogen) atoms. The number of halogens is 1. The highest BCUT2D eigenvalue weighted by Gasteiger charge is 2.03. The first-order valence-corrected chi connectivity index (χ1v) is 4.88. The molecular weight excluding hydrogens is 199 g/mol. The fourth-order valence-corrected chi connectivity index (χ4v) is 1.40. The van der Waals surface area contributed by atoms with Gasteiger partial charge in [-0.25, -0.2) is 4.39 Å². The Morgan fingerprint density at radius 3 is 2.36 bits per heavy atom. The van der Waals surface area contributed by atoms with E-state index in [-0.39, 0.29) is 5.82 Å². The number of furan rings is 1. The molecule has 0 saturated heterocycles. The van der Waals surface area contributed by atoms with Gasteiger partial charge in [0, 0.05) is 11.3 Å². The summed E-state index contributed by atoms with van der Waals surface area (Å²) in [5, 5.41) is 0. The fraction of sp³-hybridized carbons (Fsp3) is 0.0909. The molecule has 1 aromatic carbocycles. The predicted molar refractivity (Wildman–Crippen MR) is 56.8 cm³/mol. The lowest BCUT2D eigenvalue weighted by molar-refractivity contribution is 0.544. The predicted octanol–water partition coefficient (Wildman–Crippen LogP) is 3.52. The summed E-state index contributed by atoms with van der Waals surface area (Å²) in [5.41, 5.74) is 0.874. The molecule has 0 N–H and O–H groups in total. The SMILES string of the molecule is Fc1ccc(-c2ccc(CS)o2)cc1. The van der Waals surface area contributed by atoms with Gasteiger partial charge in [0.25, 0.3) is 0 Å². The van der Waals surface area contributed by atoms with Crippen LogP contribution in [0.3, 0.4) is 0 Å². The monoisotopic (exact) mass is 208 g/mol. The van der Waals surface area contributed by atoms with E-state index in [0.717, 1.165) is 17.1 Å². The van der Waals surface area contributed by atoms with E-state index in [0.29, 0.717) is 5.75 Å². The molecule has 0 fully saturated rings. The molecule has 0 amide bonds. The first kappa shape index (κ1) is 9.34. The highest BCUT2D eigenvalue weighted by atomic mass is 32.1. The van der Waals surface area contributed by atoms with Crippen molar-refractivity contribution in [3.8, 4) is 11.3 Å². The lowest BCUT2D eigenvalue weighted by Gasteiger charge is -1.95. The minimum atomic E-state index is -0.241. The van der Waals surface area contributed by atoms with Crippen molar-refractivity contribution in [3.05, 3.63) is 48.0 Å². The van der Waals surface area contributed by atoms with Crippen LogP contribution in [0.4, 0.5) is 4.39 Å². The van der Waals surface area contributed by atoms with Crippen molar-refractivity contribution in [1.82, 2.24) is 0 Å². The molecule has 3 heteroatoms. The van der Waals surface area contributed by atoms with Crippen LogP contribution >= 0.6 is 12.6 Å². The summed E-state index contributed by atoms with van der Waals surface area (Å²) in [7, 11) is 0. The van der Waals surface area contributed by atoms with Gasteiger partial charge in [-0.15, -0.1) is 0 Å². The van der Waals surface area contributed by atoms with Gasteiger partial charge in [-0.2, -0.15) is 12.6 Å². The van der Waals surface area contributed by atoms with Crippen LogP contribution in [0.25, 0.3) is 11.3 Å².